The zero-order valence-electron chi connectivity index (χ0n) is 7.54. The first kappa shape index (κ1) is 7.75. The van der Waals surface area contributed by atoms with Crippen molar-refractivity contribution in [2.24, 2.45) is 0 Å². The van der Waals surface area contributed by atoms with Gasteiger partial charge >= 0.3 is 0 Å². The maximum absolute atomic E-state index is 9.17. The molecule has 5 nitrogen and oxygen atoms in total. The molecule has 2 aromatic rings. The van der Waals surface area contributed by atoms with Crippen LogP contribution in [0.1, 0.15) is 0 Å². The minimum atomic E-state index is -0.196. The normalized spacial score (nSPS) is 17.4. The van der Waals surface area contributed by atoms with Crippen LogP contribution in [0.25, 0.3) is 5.65 Å². The van der Waals surface area contributed by atoms with Crippen LogP contribution in [-0.2, 0) is 0 Å². The summed E-state index contributed by atoms with van der Waals surface area (Å²) in [4.78, 5) is 6.45. The van der Waals surface area contributed by atoms with E-state index in [2.05, 4.69) is 10.1 Å². The fourth-order valence-electron chi connectivity index (χ4n) is 1.62. The highest BCUT2D eigenvalue weighted by atomic mass is 16.3. The average molecular weight is 190 g/mol. The summed E-state index contributed by atoms with van der Waals surface area (Å²) in [6, 6.07) is 3.77. The van der Waals surface area contributed by atoms with Gasteiger partial charge in [0, 0.05) is 25.4 Å². The van der Waals surface area contributed by atoms with E-state index in [-0.39, 0.29) is 6.10 Å². The Morgan fingerprint density at radius 3 is 3.00 bits per heavy atom. The van der Waals surface area contributed by atoms with E-state index in [1.54, 1.807) is 10.7 Å². The monoisotopic (exact) mass is 190 g/mol. The van der Waals surface area contributed by atoms with Crippen molar-refractivity contribution in [1.82, 2.24) is 14.6 Å². The van der Waals surface area contributed by atoms with Gasteiger partial charge in [-0.2, -0.15) is 5.10 Å². The number of aromatic nitrogens is 3. The smallest absolute Gasteiger partial charge is 0.157 e. The topological polar surface area (TPSA) is 53.7 Å². The van der Waals surface area contributed by atoms with Gasteiger partial charge in [-0.25, -0.2) is 9.50 Å². The quantitative estimate of drug-likeness (QED) is 0.682. The van der Waals surface area contributed by atoms with E-state index < -0.39 is 0 Å². The Labute approximate surface area is 80.6 Å². The Morgan fingerprint density at radius 2 is 2.21 bits per heavy atom. The first-order chi connectivity index (χ1) is 6.83. The summed E-state index contributed by atoms with van der Waals surface area (Å²) < 4.78 is 1.72. The predicted molar refractivity (Wildman–Crippen MR) is 51.2 cm³/mol. The predicted octanol–water partition coefficient (Wildman–Crippen LogP) is -0.0898. The Bertz CT molecular complexity index is 461. The Hall–Kier alpha value is -1.62. The van der Waals surface area contributed by atoms with Gasteiger partial charge in [0.05, 0.1) is 12.3 Å². The fourth-order valence-corrected chi connectivity index (χ4v) is 1.62. The number of fused-ring (bicyclic) bond motifs is 1. The standard InChI is InChI=1S/C9H10N4O/c14-7-5-12(6-7)8-2-4-13-9(11-8)1-3-10-13/h1-4,7,14H,5-6H2. The number of β-amino-alcohol motifs (C(OH)–C–C–N with tert-alkyl or cyclic N) is 1. The van der Waals surface area contributed by atoms with Gasteiger partial charge in [-0.05, 0) is 6.07 Å². The molecule has 1 aliphatic rings. The molecule has 2 aromatic heterocycles. The third-order valence-corrected chi connectivity index (χ3v) is 2.43. The second-order valence-electron chi connectivity index (χ2n) is 3.48. The van der Waals surface area contributed by atoms with Gasteiger partial charge in [-0.3, -0.25) is 0 Å². The van der Waals surface area contributed by atoms with Gasteiger partial charge in [0.25, 0.3) is 0 Å². The average Bonchev–Trinajstić information content (AvgIpc) is 2.59. The summed E-state index contributed by atoms with van der Waals surface area (Å²) >= 11 is 0. The molecule has 0 bridgehead atoms. The number of nitrogens with zero attached hydrogens (tertiary/aromatic N) is 4. The molecule has 0 unspecified atom stereocenters. The highest BCUT2D eigenvalue weighted by Crippen LogP contribution is 2.18. The van der Waals surface area contributed by atoms with Gasteiger partial charge in [-0.15, -0.1) is 0 Å². The summed E-state index contributed by atoms with van der Waals surface area (Å²) in [5.74, 6) is 0.906. The highest BCUT2D eigenvalue weighted by Gasteiger charge is 2.25. The lowest BCUT2D eigenvalue weighted by Crippen LogP contribution is -2.51. The lowest BCUT2D eigenvalue weighted by molar-refractivity contribution is 0.141. The van der Waals surface area contributed by atoms with Crippen LogP contribution in [0.3, 0.4) is 0 Å². The molecule has 0 aliphatic carbocycles. The SMILES string of the molecule is OC1CN(c2ccn3nccc3n2)C1. The van der Waals surface area contributed by atoms with E-state index in [1.807, 2.05) is 23.2 Å². The molecular formula is C9H10N4O. The van der Waals surface area contributed by atoms with Gasteiger partial charge in [-0.1, -0.05) is 0 Å². The zero-order chi connectivity index (χ0) is 9.54. The van der Waals surface area contributed by atoms with Crippen LogP contribution >= 0.6 is 0 Å². The molecule has 1 aliphatic heterocycles. The molecular weight excluding hydrogens is 180 g/mol. The molecule has 3 heterocycles. The van der Waals surface area contributed by atoms with Crippen LogP contribution in [0.2, 0.25) is 0 Å². The number of aliphatic hydroxyl groups is 1. The minimum absolute atomic E-state index is 0.196. The van der Waals surface area contributed by atoms with E-state index in [9.17, 15) is 0 Å². The molecule has 1 N–H and O–H groups in total. The Kier molecular flexibility index (Phi) is 1.49. The van der Waals surface area contributed by atoms with Crippen molar-refractivity contribution >= 4 is 11.5 Å². The van der Waals surface area contributed by atoms with E-state index in [4.69, 9.17) is 5.11 Å². The maximum atomic E-state index is 9.17. The van der Waals surface area contributed by atoms with E-state index in [1.165, 1.54) is 0 Å². The molecule has 1 fully saturated rings. The molecule has 1 saturated heterocycles. The minimum Gasteiger partial charge on any atom is -0.389 e. The zero-order valence-corrected chi connectivity index (χ0v) is 7.54. The van der Waals surface area contributed by atoms with Crippen molar-refractivity contribution in [3.05, 3.63) is 24.5 Å². The van der Waals surface area contributed by atoms with Crippen molar-refractivity contribution in [1.29, 1.82) is 0 Å². The molecule has 0 amide bonds. The molecule has 0 saturated carbocycles. The van der Waals surface area contributed by atoms with Crippen LogP contribution in [-0.4, -0.2) is 38.9 Å². The number of rotatable bonds is 1. The van der Waals surface area contributed by atoms with E-state index in [0.717, 1.165) is 11.5 Å². The number of anilines is 1. The van der Waals surface area contributed by atoms with Gasteiger partial charge in [0.15, 0.2) is 5.65 Å². The van der Waals surface area contributed by atoms with Crippen LogP contribution < -0.4 is 4.90 Å². The third-order valence-electron chi connectivity index (χ3n) is 2.43. The number of hydrogen-bond donors (Lipinski definition) is 1. The fraction of sp³-hybridized carbons (Fsp3) is 0.333. The molecule has 0 radical (unpaired) electrons. The second-order valence-corrected chi connectivity index (χ2v) is 3.48. The summed E-state index contributed by atoms with van der Waals surface area (Å²) in [7, 11) is 0. The van der Waals surface area contributed by atoms with Gasteiger partial charge in [0.1, 0.15) is 5.82 Å². The molecule has 5 heteroatoms. The van der Waals surface area contributed by atoms with Crippen molar-refractivity contribution in [3.8, 4) is 0 Å². The van der Waals surface area contributed by atoms with E-state index >= 15 is 0 Å². The van der Waals surface area contributed by atoms with Crippen molar-refractivity contribution in [2.45, 2.75) is 6.10 Å². The maximum Gasteiger partial charge on any atom is 0.157 e. The summed E-state index contributed by atoms with van der Waals surface area (Å²) in [5.41, 5.74) is 0.837. The molecule has 3 rings (SSSR count). The second kappa shape index (κ2) is 2.68. The lowest BCUT2D eigenvalue weighted by Gasteiger charge is -2.36. The first-order valence-electron chi connectivity index (χ1n) is 4.56. The van der Waals surface area contributed by atoms with Crippen LogP contribution in [0.15, 0.2) is 24.5 Å². The van der Waals surface area contributed by atoms with Crippen LogP contribution in [0, 0.1) is 0 Å². The number of hydrogen-bond acceptors (Lipinski definition) is 4. The van der Waals surface area contributed by atoms with Crippen molar-refractivity contribution < 1.29 is 5.11 Å². The molecule has 0 spiro atoms. The molecule has 0 aromatic carbocycles. The summed E-state index contributed by atoms with van der Waals surface area (Å²) in [6.45, 7) is 1.36. The Balaban J connectivity index is 1.97. The van der Waals surface area contributed by atoms with Gasteiger partial charge in [0.2, 0.25) is 0 Å². The van der Waals surface area contributed by atoms with Crippen LogP contribution in [0.5, 0.6) is 0 Å². The largest absolute Gasteiger partial charge is 0.389 e. The van der Waals surface area contributed by atoms with Crippen LogP contribution in [0.4, 0.5) is 5.82 Å². The summed E-state index contributed by atoms with van der Waals surface area (Å²) in [6.07, 6.45) is 3.40. The Morgan fingerprint density at radius 1 is 1.36 bits per heavy atom. The lowest BCUT2D eigenvalue weighted by atomic mass is 10.2. The molecule has 14 heavy (non-hydrogen) atoms. The van der Waals surface area contributed by atoms with Crippen molar-refractivity contribution in [2.75, 3.05) is 18.0 Å². The van der Waals surface area contributed by atoms with E-state index in [0.29, 0.717) is 13.1 Å². The van der Waals surface area contributed by atoms with Gasteiger partial charge < -0.3 is 10.0 Å². The molecule has 72 valence electrons. The van der Waals surface area contributed by atoms with Crippen molar-refractivity contribution in [3.63, 3.8) is 0 Å². The molecule has 0 atom stereocenters. The first-order valence-corrected chi connectivity index (χ1v) is 4.56. The summed E-state index contributed by atoms with van der Waals surface area (Å²) in [5, 5.41) is 13.2. The highest BCUT2D eigenvalue weighted by molar-refractivity contribution is 5.49. The number of aliphatic hydroxyl groups excluding tert-OH is 1. The third kappa shape index (κ3) is 1.06.